The van der Waals surface area contributed by atoms with E-state index in [2.05, 4.69) is 5.16 Å². The van der Waals surface area contributed by atoms with E-state index in [0.29, 0.717) is 22.6 Å². The lowest BCUT2D eigenvalue weighted by Crippen LogP contribution is -2.09. The number of fused-ring (bicyclic) bond motifs is 1. The van der Waals surface area contributed by atoms with E-state index in [1.165, 1.54) is 19.9 Å². The van der Waals surface area contributed by atoms with E-state index in [0.717, 1.165) is 0 Å². The molecule has 21 heavy (non-hydrogen) atoms. The van der Waals surface area contributed by atoms with Crippen LogP contribution in [-0.2, 0) is 5.67 Å². The number of carboxylic acids is 1. The summed E-state index contributed by atoms with van der Waals surface area (Å²) < 4.78 is 29.5. The predicted octanol–water partition coefficient (Wildman–Crippen LogP) is 2.97. The van der Waals surface area contributed by atoms with Crippen molar-refractivity contribution in [2.75, 3.05) is 6.79 Å². The molecule has 0 amide bonds. The van der Waals surface area contributed by atoms with Gasteiger partial charge in [0.05, 0.1) is 5.56 Å². The van der Waals surface area contributed by atoms with Crippen LogP contribution in [0, 0.1) is 0 Å². The van der Waals surface area contributed by atoms with E-state index in [9.17, 15) is 9.18 Å². The maximum Gasteiger partial charge on any atom is 0.374 e. The van der Waals surface area contributed by atoms with Crippen LogP contribution in [0.25, 0.3) is 11.3 Å². The van der Waals surface area contributed by atoms with Gasteiger partial charge in [0.2, 0.25) is 12.6 Å². The van der Waals surface area contributed by atoms with Crippen molar-refractivity contribution in [3.63, 3.8) is 0 Å². The van der Waals surface area contributed by atoms with Gasteiger partial charge in [-0.05, 0) is 31.5 Å². The van der Waals surface area contributed by atoms with E-state index in [1.54, 1.807) is 12.1 Å². The number of rotatable bonds is 3. The molecule has 0 saturated carbocycles. The van der Waals surface area contributed by atoms with Gasteiger partial charge in [-0.1, -0.05) is 5.16 Å². The quantitative estimate of drug-likeness (QED) is 0.936. The zero-order valence-corrected chi connectivity index (χ0v) is 11.3. The Morgan fingerprint density at radius 1 is 1.33 bits per heavy atom. The zero-order valence-electron chi connectivity index (χ0n) is 11.3. The van der Waals surface area contributed by atoms with Gasteiger partial charge in [-0.2, -0.15) is 0 Å². The van der Waals surface area contributed by atoms with Crippen LogP contribution in [0.15, 0.2) is 22.7 Å². The van der Waals surface area contributed by atoms with Gasteiger partial charge in [-0.25, -0.2) is 9.18 Å². The van der Waals surface area contributed by atoms with Gasteiger partial charge in [0.25, 0.3) is 0 Å². The minimum Gasteiger partial charge on any atom is -0.475 e. The first-order valence-electron chi connectivity index (χ1n) is 6.19. The molecule has 1 aromatic carbocycles. The predicted molar refractivity (Wildman–Crippen MR) is 69.2 cm³/mol. The van der Waals surface area contributed by atoms with Gasteiger partial charge in [-0.3, -0.25) is 0 Å². The molecule has 0 spiro atoms. The Balaban J connectivity index is 2.16. The summed E-state index contributed by atoms with van der Waals surface area (Å²) in [5, 5.41) is 12.6. The topological polar surface area (TPSA) is 81.8 Å². The highest BCUT2D eigenvalue weighted by molar-refractivity contribution is 5.86. The van der Waals surface area contributed by atoms with Crippen molar-refractivity contribution in [1.82, 2.24) is 5.16 Å². The summed E-state index contributed by atoms with van der Waals surface area (Å²) in [6.07, 6.45) is 0. The van der Waals surface area contributed by atoms with E-state index >= 15 is 0 Å². The monoisotopic (exact) mass is 293 g/mol. The molecule has 3 rings (SSSR count). The number of hydrogen-bond donors (Lipinski definition) is 1. The molecule has 1 N–H and O–H groups in total. The largest absolute Gasteiger partial charge is 0.475 e. The minimum absolute atomic E-state index is 0.0160. The second-order valence-corrected chi connectivity index (χ2v) is 5.11. The molecule has 0 radical (unpaired) electrons. The number of ether oxygens (including phenoxy) is 2. The third-order valence-corrected chi connectivity index (χ3v) is 3.16. The van der Waals surface area contributed by atoms with Crippen LogP contribution in [0.2, 0.25) is 0 Å². The van der Waals surface area contributed by atoms with Crippen LogP contribution < -0.4 is 9.47 Å². The fourth-order valence-corrected chi connectivity index (χ4v) is 2.05. The summed E-state index contributed by atoms with van der Waals surface area (Å²) in [5.41, 5.74) is -0.529. The zero-order chi connectivity index (χ0) is 15.2. The standard InChI is InChI=1S/C14H12FNO5/c1-14(2,15)7-3-8(12-10(4-7)19-6-20-12)9-5-11(13(17)18)21-16-9/h3-5H,6H2,1-2H3,(H,17,18). The Hall–Kier alpha value is -2.57. The van der Waals surface area contributed by atoms with Crippen molar-refractivity contribution in [2.45, 2.75) is 19.5 Å². The highest BCUT2D eigenvalue weighted by Crippen LogP contribution is 2.44. The van der Waals surface area contributed by atoms with Crippen molar-refractivity contribution < 1.29 is 28.3 Å². The molecule has 0 aliphatic carbocycles. The second-order valence-electron chi connectivity index (χ2n) is 5.11. The van der Waals surface area contributed by atoms with Gasteiger partial charge < -0.3 is 19.1 Å². The van der Waals surface area contributed by atoms with Gasteiger partial charge in [-0.15, -0.1) is 0 Å². The Bertz CT molecular complexity index is 717. The highest BCUT2D eigenvalue weighted by atomic mass is 19.1. The summed E-state index contributed by atoms with van der Waals surface area (Å²) in [4.78, 5) is 10.9. The highest BCUT2D eigenvalue weighted by Gasteiger charge is 2.28. The normalized spacial score (nSPS) is 13.5. The smallest absolute Gasteiger partial charge is 0.374 e. The summed E-state index contributed by atoms with van der Waals surface area (Å²) in [6, 6.07) is 4.37. The van der Waals surface area contributed by atoms with Crippen LogP contribution in [0.4, 0.5) is 4.39 Å². The van der Waals surface area contributed by atoms with Gasteiger partial charge >= 0.3 is 5.97 Å². The van der Waals surface area contributed by atoms with Crippen molar-refractivity contribution >= 4 is 5.97 Å². The number of alkyl halides is 1. The summed E-state index contributed by atoms with van der Waals surface area (Å²) in [7, 11) is 0. The van der Waals surface area contributed by atoms with Crippen LogP contribution >= 0.6 is 0 Å². The van der Waals surface area contributed by atoms with Gasteiger partial charge in [0, 0.05) is 6.07 Å². The van der Waals surface area contributed by atoms with E-state index in [4.69, 9.17) is 19.1 Å². The number of hydrogen-bond acceptors (Lipinski definition) is 5. The number of carbonyl (C=O) groups is 1. The maximum atomic E-state index is 14.2. The Morgan fingerprint density at radius 2 is 2.10 bits per heavy atom. The fourth-order valence-electron chi connectivity index (χ4n) is 2.05. The van der Waals surface area contributed by atoms with Gasteiger partial charge in [0.15, 0.2) is 11.5 Å². The molecule has 2 aromatic rings. The lowest BCUT2D eigenvalue weighted by molar-refractivity contribution is 0.0652. The Morgan fingerprint density at radius 3 is 2.71 bits per heavy atom. The first-order valence-corrected chi connectivity index (χ1v) is 6.19. The third kappa shape index (κ3) is 2.31. The molecule has 1 aliphatic rings. The lowest BCUT2D eigenvalue weighted by atomic mass is 9.96. The number of aromatic carboxylic acids is 1. The number of carboxylic acid groups (broad SMARTS) is 1. The molecule has 1 aliphatic heterocycles. The molecule has 2 heterocycles. The average Bonchev–Trinajstić information content (AvgIpc) is 3.05. The molecule has 6 nitrogen and oxygen atoms in total. The van der Waals surface area contributed by atoms with Crippen molar-refractivity contribution in [3.8, 4) is 22.8 Å². The van der Waals surface area contributed by atoms with E-state index in [1.807, 2.05) is 0 Å². The number of halogens is 1. The van der Waals surface area contributed by atoms with Crippen LogP contribution in [0.3, 0.4) is 0 Å². The maximum absolute atomic E-state index is 14.2. The molecular weight excluding hydrogens is 281 g/mol. The third-order valence-electron chi connectivity index (χ3n) is 3.16. The van der Waals surface area contributed by atoms with Crippen molar-refractivity contribution in [2.24, 2.45) is 0 Å². The SMILES string of the molecule is CC(C)(F)c1cc2c(c(-c3cc(C(=O)O)on3)c1)OCO2. The first-order chi connectivity index (χ1) is 9.86. The number of nitrogens with zero attached hydrogens (tertiary/aromatic N) is 1. The average molecular weight is 293 g/mol. The molecular formula is C14H12FNO5. The molecule has 0 fully saturated rings. The number of aromatic nitrogens is 1. The lowest BCUT2D eigenvalue weighted by Gasteiger charge is -2.16. The fraction of sp³-hybridized carbons (Fsp3) is 0.286. The molecule has 0 saturated heterocycles. The summed E-state index contributed by atoms with van der Waals surface area (Å²) >= 11 is 0. The van der Waals surface area contributed by atoms with Gasteiger partial charge in [0.1, 0.15) is 11.4 Å². The summed E-state index contributed by atoms with van der Waals surface area (Å²) in [5.74, 6) is -0.742. The van der Waals surface area contributed by atoms with E-state index < -0.39 is 11.6 Å². The van der Waals surface area contributed by atoms with Crippen LogP contribution in [-0.4, -0.2) is 23.0 Å². The second kappa shape index (κ2) is 4.47. The molecule has 7 heteroatoms. The molecule has 1 aromatic heterocycles. The molecule has 0 atom stereocenters. The van der Waals surface area contributed by atoms with E-state index in [-0.39, 0.29) is 18.2 Å². The minimum atomic E-state index is -1.59. The number of benzene rings is 1. The van der Waals surface area contributed by atoms with Crippen LogP contribution in [0.5, 0.6) is 11.5 Å². The molecule has 110 valence electrons. The Kier molecular flexibility index (Phi) is 2.86. The van der Waals surface area contributed by atoms with Crippen molar-refractivity contribution in [3.05, 3.63) is 29.5 Å². The molecule has 0 bridgehead atoms. The first kappa shape index (κ1) is 13.4. The molecule has 0 unspecified atom stereocenters. The van der Waals surface area contributed by atoms with Crippen LogP contribution in [0.1, 0.15) is 30.0 Å². The Labute approximate surface area is 119 Å². The van der Waals surface area contributed by atoms with Crippen molar-refractivity contribution in [1.29, 1.82) is 0 Å². The summed E-state index contributed by atoms with van der Waals surface area (Å²) in [6.45, 7) is 2.85.